The molecular weight excluding hydrogens is 324 g/mol. The molecule has 124 valence electrons. The second-order valence-electron chi connectivity index (χ2n) is 5.20. The Bertz CT molecular complexity index is 803. The van der Waals surface area contributed by atoms with Crippen molar-refractivity contribution in [3.8, 4) is 5.75 Å². The molecule has 5 nitrogen and oxygen atoms in total. The number of amides is 1. The van der Waals surface area contributed by atoms with Crippen molar-refractivity contribution >= 4 is 34.7 Å². The van der Waals surface area contributed by atoms with Crippen LogP contribution in [0, 0.1) is 6.92 Å². The molecule has 0 saturated carbocycles. The molecule has 2 aromatic rings. The fourth-order valence-corrected chi connectivity index (χ4v) is 2.46. The number of hydrogen-bond acceptors (Lipinski definition) is 4. The van der Waals surface area contributed by atoms with Crippen LogP contribution in [0.5, 0.6) is 5.75 Å². The Kier molecular flexibility index (Phi) is 5.65. The van der Waals surface area contributed by atoms with Crippen LogP contribution >= 0.6 is 12.2 Å². The molecule has 0 fully saturated rings. The first-order valence-corrected chi connectivity index (χ1v) is 7.70. The van der Waals surface area contributed by atoms with Gasteiger partial charge in [-0.15, -0.1) is 0 Å². The van der Waals surface area contributed by atoms with E-state index < -0.39 is 0 Å². The first-order chi connectivity index (χ1) is 11.4. The summed E-state index contributed by atoms with van der Waals surface area (Å²) in [5, 5.41) is 5.65. The number of benzene rings is 2. The van der Waals surface area contributed by atoms with Crippen molar-refractivity contribution in [2.45, 2.75) is 13.8 Å². The molecule has 0 aliphatic carbocycles. The third-order valence-electron chi connectivity index (χ3n) is 3.41. The molecule has 6 heteroatoms. The molecule has 0 aliphatic heterocycles. The SMILES string of the molecule is COc1c(C)cccc1C(=O)NC(=S)Nc1cccc(C(C)=O)c1. The van der Waals surface area contributed by atoms with Gasteiger partial charge in [-0.05, 0) is 49.8 Å². The zero-order valence-electron chi connectivity index (χ0n) is 13.7. The summed E-state index contributed by atoms with van der Waals surface area (Å²) in [4.78, 5) is 23.8. The minimum atomic E-state index is -0.365. The number of rotatable bonds is 4. The van der Waals surface area contributed by atoms with Crippen molar-refractivity contribution in [2.24, 2.45) is 0 Å². The number of hydrogen-bond donors (Lipinski definition) is 2. The summed E-state index contributed by atoms with van der Waals surface area (Å²) in [6, 6.07) is 12.2. The van der Waals surface area contributed by atoms with Gasteiger partial charge in [0.25, 0.3) is 5.91 Å². The van der Waals surface area contributed by atoms with Crippen LogP contribution in [-0.2, 0) is 0 Å². The molecule has 2 N–H and O–H groups in total. The van der Waals surface area contributed by atoms with Gasteiger partial charge in [0.1, 0.15) is 5.75 Å². The summed E-state index contributed by atoms with van der Waals surface area (Å²) in [6.45, 7) is 3.35. The highest BCUT2D eigenvalue weighted by atomic mass is 32.1. The summed E-state index contributed by atoms with van der Waals surface area (Å²) < 4.78 is 5.28. The highest BCUT2D eigenvalue weighted by Gasteiger charge is 2.15. The number of ketones is 1. The summed E-state index contributed by atoms with van der Waals surface area (Å²) in [5.74, 6) is 0.102. The fraction of sp³-hybridized carbons (Fsp3) is 0.167. The van der Waals surface area contributed by atoms with Crippen molar-refractivity contribution in [1.29, 1.82) is 0 Å². The lowest BCUT2D eigenvalue weighted by atomic mass is 10.1. The number of thiocarbonyl (C=S) groups is 1. The summed E-state index contributed by atoms with van der Waals surface area (Å²) >= 11 is 5.16. The number of carbonyl (C=O) groups excluding carboxylic acids is 2. The molecule has 0 spiro atoms. The normalized spacial score (nSPS) is 9.96. The van der Waals surface area contributed by atoms with Gasteiger partial charge in [-0.1, -0.05) is 24.3 Å². The van der Waals surface area contributed by atoms with Crippen LogP contribution in [0.2, 0.25) is 0 Å². The molecule has 0 aliphatic rings. The Morgan fingerprint density at radius 2 is 1.83 bits per heavy atom. The molecule has 2 rings (SSSR count). The number of methoxy groups -OCH3 is 1. The van der Waals surface area contributed by atoms with Gasteiger partial charge >= 0.3 is 0 Å². The lowest BCUT2D eigenvalue weighted by molar-refractivity contribution is 0.0972. The lowest BCUT2D eigenvalue weighted by Gasteiger charge is -2.13. The van der Waals surface area contributed by atoms with Gasteiger partial charge in [-0.25, -0.2) is 0 Å². The summed E-state index contributed by atoms with van der Waals surface area (Å²) in [5.41, 5.74) is 2.45. The molecule has 0 heterocycles. The van der Waals surface area contributed by atoms with Crippen molar-refractivity contribution in [3.05, 3.63) is 59.2 Å². The topological polar surface area (TPSA) is 67.4 Å². The van der Waals surface area contributed by atoms with Gasteiger partial charge in [0.2, 0.25) is 0 Å². The van der Waals surface area contributed by atoms with Gasteiger partial charge in [0.05, 0.1) is 12.7 Å². The average molecular weight is 342 g/mol. The van der Waals surface area contributed by atoms with Crippen LogP contribution in [0.15, 0.2) is 42.5 Å². The van der Waals surface area contributed by atoms with Gasteiger partial charge in [-0.3, -0.25) is 14.9 Å². The molecule has 0 atom stereocenters. The molecule has 0 bridgehead atoms. The standard InChI is InChI=1S/C18H18N2O3S/c1-11-6-4-9-15(16(11)23-3)17(22)20-18(24)19-14-8-5-7-13(10-14)12(2)21/h4-10H,1-3H3,(H2,19,20,22,24). The quantitative estimate of drug-likeness (QED) is 0.659. The predicted octanol–water partition coefficient (Wildman–Crippen LogP) is 3.33. The maximum atomic E-state index is 12.4. The number of para-hydroxylation sites is 1. The minimum absolute atomic E-state index is 0.0434. The summed E-state index contributed by atoms with van der Waals surface area (Å²) in [6.07, 6.45) is 0. The number of anilines is 1. The maximum Gasteiger partial charge on any atom is 0.261 e. The van der Waals surface area contributed by atoms with Crippen molar-refractivity contribution in [2.75, 3.05) is 12.4 Å². The number of nitrogens with one attached hydrogen (secondary N) is 2. The Morgan fingerprint density at radius 3 is 2.50 bits per heavy atom. The van der Waals surface area contributed by atoms with E-state index in [0.29, 0.717) is 22.6 Å². The van der Waals surface area contributed by atoms with Gasteiger partial charge in [0, 0.05) is 11.3 Å². The van der Waals surface area contributed by atoms with E-state index in [4.69, 9.17) is 17.0 Å². The molecule has 1 amide bonds. The number of Topliss-reactive ketones (excluding diaryl/α,β-unsaturated/α-hetero) is 1. The molecule has 0 aromatic heterocycles. The monoisotopic (exact) mass is 342 g/mol. The zero-order chi connectivity index (χ0) is 17.7. The van der Waals surface area contributed by atoms with E-state index in [9.17, 15) is 9.59 Å². The zero-order valence-corrected chi connectivity index (χ0v) is 14.5. The average Bonchev–Trinajstić information content (AvgIpc) is 2.54. The maximum absolute atomic E-state index is 12.4. The largest absolute Gasteiger partial charge is 0.496 e. The first kappa shape index (κ1) is 17.6. The molecule has 0 radical (unpaired) electrons. The van der Waals surface area contributed by atoms with E-state index >= 15 is 0 Å². The van der Waals surface area contributed by atoms with E-state index in [1.165, 1.54) is 14.0 Å². The second-order valence-corrected chi connectivity index (χ2v) is 5.61. The Labute approximate surface area is 146 Å². The van der Waals surface area contributed by atoms with Crippen LogP contribution in [0.25, 0.3) is 0 Å². The Balaban J connectivity index is 2.10. The van der Waals surface area contributed by atoms with Crippen LogP contribution in [-0.4, -0.2) is 23.9 Å². The smallest absolute Gasteiger partial charge is 0.261 e. The predicted molar refractivity (Wildman–Crippen MR) is 97.9 cm³/mol. The van der Waals surface area contributed by atoms with Crippen LogP contribution < -0.4 is 15.4 Å². The van der Waals surface area contributed by atoms with Gasteiger partial charge in [-0.2, -0.15) is 0 Å². The highest BCUT2D eigenvalue weighted by Crippen LogP contribution is 2.22. The molecule has 24 heavy (non-hydrogen) atoms. The third kappa shape index (κ3) is 4.17. The number of aryl methyl sites for hydroxylation is 1. The van der Waals surface area contributed by atoms with Crippen LogP contribution in [0.3, 0.4) is 0 Å². The number of ether oxygens (including phenoxy) is 1. The number of carbonyl (C=O) groups is 2. The van der Waals surface area contributed by atoms with Crippen molar-refractivity contribution in [3.63, 3.8) is 0 Å². The highest BCUT2D eigenvalue weighted by molar-refractivity contribution is 7.80. The van der Waals surface area contributed by atoms with E-state index in [-0.39, 0.29) is 16.8 Å². The van der Waals surface area contributed by atoms with E-state index in [1.807, 2.05) is 13.0 Å². The van der Waals surface area contributed by atoms with Crippen molar-refractivity contribution in [1.82, 2.24) is 5.32 Å². The minimum Gasteiger partial charge on any atom is -0.496 e. The van der Waals surface area contributed by atoms with Crippen LogP contribution in [0.4, 0.5) is 5.69 Å². The van der Waals surface area contributed by atoms with Crippen molar-refractivity contribution < 1.29 is 14.3 Å². The first-order valence-electron chi connectivity index (χ1n) is 7.29. The van der Waals surface area contributed by atoms with Gasteiger partial charge < -0.3 is 10.1 Å². The molecule has 2 aromatic carbocycles. The second kappa shape index (κ2) is 7.70. The molecule has 0 unspecified atom stereocenters. The lowest BCUT2D eigenvalue weighted by Crippen LogP contribution is -2.34. The summed E-state index contributed by atoms with van der Waals surface area (Å²) in [7, 11) is 1.52. The Hall–Kier alpha value is -2.73. The molecule has 0 saturated heterocycles. The third-order valence-corrected chi connectivity index (χ3v) is 3.62. The molecular formula is C18H18N2O3S. The van der Waals surface area contributed by atoms with E-state index in [0.717, 1.165) is 5.56 Å². The fourth-order valence-electron chi connectivity index (χ4n) is 2.25. The van der Waals surface area contributed by atoms with E-state index in [1.54, 1.807) is 36.4 Å². The Morgan fingerprint density at radius 1 is 1.12 bits per heavy atom. The van der Waals surface area contributed by atoms with Gasteiger partial charge in [0.15, 0.2) is 10.9 Å². The van der Waals surface area contributed by atoms with E-state index in [2.05, 4.69) is 10.6 Å². The van der Waals surface area contributed by atoms with Crippen LogP contribution in [0.1, 0.15) is 33.2 Å².